The number of aliphatic imine (C=N–C) groups is 1. The van der Waals surface area contributed by atoms with E-state index in [1.54, 1.807) is 6.92 Å². The Kier molecular flexibility index (Phi) is 1.76. The molecule has 2 rings (SSSR count). The van der Waals surface area contributed by atoms with Crippen molar-refractivity contribution >= 4 is 11.9 Å². The number of halogens is 2. The van der Waals surface area contributed by atoms with Crippen LogP contribution in [0.25, 0.3) is 0 Å². The summed E-state index contributed by atoms with van der Waals surface area (Å²) in [6.07, 6.45) is 1.24. The predicted molar refractivity (Wildman–Crippen MR) is 44.6 cm³/mol. The van der Waals surface area contributed by atoms with Gasteiger partial charge in [-0.15, -0.1) is 0 Å². The second-order valence-corrected chi connectivity index (χ2v) is 2.81. The van der Waals surface area contributed by atoms with Crippen molar-refractivity contribution in [2.75, 3.05) is 0 Å². The highest BCUT2D eigenvalue weighted by Crippen LogP contribution is 2.34. The molecular formula is C9H7F2NO. The lowest BCUT2D eigenvalue weighted by Crippen LogP contribution is -2.16. The van der Waals surface area contributed by atoms with Crippen LogP contribution in [0, 0.1) is 11.6 Å². The van der Waals surface area contributed by atoms with Crippen LogP contribution in [0.3, 0.4) is 0 Å². The smallest absolute Gasteiger partial charge is 0.188 e. The quantitative estimate of drug-likeness (QED) is 0.605. The molecule has 13 heavy (non-hydrogen) atoms. The molecule has 0 radical (unpaired) electrons. The van der Waals surface area contributed by atoms with Crippen LogP contribution in [0.5, 0.6) is 5.75 Å². The summed E-state index contributed by atoms with van der Waals surface area (Å²) in [5, 5.41) is 0. The molecule has 1 aromatic rings. The molecule has 1 aliphatic rings. The Morgan fingerprint density at radius 3 is 2.92 bits per heavy atom. The fourth-order valence-electron chi connectivity index (χ4n) is 1.15. The number of nitrogens with zero attached hydrogens (tertiary/aromatic N) is 1. The van der Waals surface area contributed by atoms with Gasteiger partial charge in [0.1, 0.15) is 17.5 Å². The summed E-state index contributed by atoms with van der Waals surface area (Å²) in [6.45, 7) is 1.77. The van der Waals surface area contributed by atoms with E-state index >= 15 is 0 Å². The Labute approximate surface area is 73.9 Å². The number of ether oxygens (including phenoxy) is 1. The number of hydrogen-bond donors (Lipinski definition) is 0. The highest BCUT2D eigenvalue weighted by Gasteiger charge is 2.18. The summed E-state index contributed by atoms with van der Waals surface area (Å²) in [5.74, 6) is -1.58. The van der Waals surface area contributed by atoms with Gasteiger partial charge < -0.3 is 4.74 Å². The van der Waals surface area contributed by atoms with Gasteiger partial charge in [-0.3, -0.25) is 4.99 Å². The average molecular weight is 183 g/mol. The Bertz CT molecular complexity index is 376. The van der Waals surface area contributed by atoms with Crippen LogP contribution in [0.15, 0.2) is 17.1 Å². The lowest BCUT2D eigenvalue weighted by Gasteiger charge is -2.17. The second kappa shape index (κ2) is 2.80. The molecule has 0 bridgehead atoms. The van der Waals surface area contributed by atoms with E-state index < -0.39 is 11.6 Å². The van der Waals surface area contributed by atoms with Crippen LogP contribution in [0.1, 0.15) is 6.92 Å². The highest BCUT2D eigenvalue weighted by molar-refractivity contribution is 5.73. The number of rotatable bonds is 0. The van der Waals surface area contributed by atoms with Gasteiger partial charge in [-0.05, 0) is 19.1 Å². The fourth-order valence-corrected chi connectivity index (χ4v) is 1.15. The third-order valence-corrected chi connectivity index (χ3v) is 1.76. The molecule has 0 N–H and O–H groups in total. The van der Waals surface area contributed by atoms with Crippen LogP contribution in [0.4, 0.5) is 14.5 Å². The van der Waals surface area contributed by atoms with Crippen LogP contribution < -0.4 is 4.74 Å². The normalized spacial score (nSPS) is 19.5. The molecular weight excluding hydrogens is 176 g/mol. The minimum absolute atomic E-state index is 0.0573. The first-order valence-electron chi connectivity index (χ1n) is 3.87. The first kappa shape index (κ1) is 8.16. The van der Waals surface area contributed by atoms with Crippen molar-refractivity contribution in [3.8, 4) is 5.75 Å². The van der Waals surface area contributed by atoms with Crippen molar-refractivity contribution in [1.29, 1.82) is 0 Å². The van der Waals surface area contributed by atoms with Crippen molar-refractivity contribution < 1.29 is 13.5 Å². The number of hydrogen-bond acceptors (Lipinski definition) is 2. The van der Waals surface area contributed by atoms with E-state index in [1.807, 2.05) is 0 Å². The maximum absolute atomic E-state index is 13.0. The van der Waals surface area contributed by atoms with E-state index in [1.165, 1.54) is 12.3 Å². The van der Waals surface area contributed by atoms with Crippen molar-refractivity contribution in [2.45, 2.75) is 13.0 Å². The zero-order valence-corrected chi connectivity index (χ0v) is 6.92. The van der Waals surface area contributed by atoms with Crippen LogP contribution >= 0.6 is 0 Å². The molecule has 4 heteroatoms. The molecule has 0 fully saturated rings. The van der Waals surface area contributed by atoms with Gasteiger partial charge in [-0.25, -0.2) is 8.78 Å². The molecule has 1 aromatic carbocycles. The third-order valence-electron chi connectivity index (χ3n) is 1.76. The van der Waals surface area contributed by atoms with E-state index in [2.05, 4.69) is 4.99 Å². The zero-order valence-electron chi connectivity index (χ0n) is 6.92. The molecule has 0 aliphatic carbocycles. The van der Waals surface area contributed by atoms with Crippen molar-refractivity contribution in [3.05, 3.63) is 23.8 Å². The third kappa shape index (κ3) is 1.28. The molecule has 1 unspecified atom stereocenters. The lowest BCUT2D eigenvalue weighted by molar-refractivity contribution is 0.285. The number of benzene rings is 1. The Hall–Kier alpha value is -1.45. The van der Waals surface area contributed by atoms with E-state index in [0.717, 1.165) is 6.07 Å². The Morgan fingerprint density at radius 1 is 1.38 bits per heavy atom. The molecule has 1 aliphatic heterocycles. The van der Waals surface area contributed by atoms with E-state index in [-0.39, 0.29) is 17.5 Å². The molecule has 1 heterocycles. The van der Waals surface area contributed by atoms with Gasteiger partial charge in [0, 0.05) is 6.21 Å². The summed E-state index contributed by atoms with van der Waals surface area (Å²) in [4.78, 5) is 3.77. The molecule has 0 aromatic heterocycles. The topological polar surface area (TPSA) is 21.6 Å². The van der Waals surface area contributed by atoms with Gasteiger partial charge in [-0.1, -0.05) is 0 Å². The minimum Gasteiger partial charge on any atom is -0.483 e. The molecule has 68 valence electrons. The second-order valence-electron chi connectivity index (χ2n) is 2.81. The minimum atomic E-state index is -0.958. The monoisotopic (exact) mass is 183 g/mol. The zero-order chi connectivity index (χ0) is 9.42. The van der Waals surface area contributed by atoms with Gasteiger partial charge in [0.2, 0.25) is 0 Å². The van der Waals surface area contributed by atoms with Gasteiger partial charge in [0.25, 0.3) is 0 Å². The van der Waals surface area contributed by atoms with Crippen molar-refractivity contribution in [1.82, 2.24) is 0 Å². The first-order valence-corrected chi connectivity index (χ1v) is 3.87. The molecule has 2 nitrogen and oxygen atoms in total. The molecule has 1 atom stereocenters. The van der Waals surface area contributed by atoms with E-state index in [9.17, 15) is 8.78 Å². The fraction of sp³-hybridized carbons (Fsp3) is 0.222. The molecule has 0 saturated heterocycles. The van der Waals surface area contributed by atoms with Gasteiger partial charge in [-0.2, -0.15) is 0 Å². The summed E-state index contributed by atoms with van der Waals surface area (Å²) in [7, 11) is 0. The summed E-state index contributed by atoms with van der Waals surface area (Å²) in [5.41, 5.74) is -0.0573. The molecule has 0 spiro atoms. The highest BCUT2D eigenvalue weighted by atomic mass is 19.2. The maximum atomic E-state index is 13.0. The largest absolute Gasteiger partial charge is 0.483 e. The SMILES string of the molecule is CC1C=Nc2c(ccc(F)c2F)O1. The van der Waals surface area contributed by atoms with Gasteiger partial charge in [0.15, 0.2) is 11.6 Å². The molecule has 0 saturated carbocycles. The maximum Gasteiger partial charge on any atom is 0.188 e. The summed E-state index contributed by atoms with van der Waals surface area (Å²) < 4.78 is 31.0. The van der Waals surface area contributed by atoms with Gasteiger partial charge >= 0.3 is 0 Å². The standard InChI is InChI=1S/C9H7F2NO/c1-5-4-12-9-7(13-5)3-2-6(10)8(9)11/h2-5H,1H3. The summed E-state index contributed by atoms with van der Waals surface area (Å²) in [6, 6.07) is 2.41. The predicted octanol–water partition coefficient (Wildman–Crippen LogP) is 2.45. The van der Waals surface area contributed by atoms with E-state index in [4.69, 9.17) is 4.74 Å². The average Bonchev–Trinajstić information content (AvgIpc) is 2.12. The van der Waals surface area contributed by atoms with Crippen LogP contribution in [0.2, 0.25) is 0 Å². The van der Waals surface area contributed by atoms with Crippen LogP contribution in [-0.4, -0.2) is 12.3 Å². The van der Waals surface area contributed by atoms with Crippen molar-refractivity contribution in [2.24, 2.45) is 4.99 Å². The lowest BCUT2D eigenvalue weighted by atomic mass is 10.2. The Morgan fingerprint density at radius 2 is 2.15 bits per heavy atom. The number of fused-ring (bicyclic) bond motifs is 1. The summed E-state index contributed by atoms with van der Waals surface area (Å²) >= 11 is 0. The van der Waals surface area contributed by atoms with Gasteiger partial charge in [0.05, 0.1) is 0 Å². The van der Waals surface area contributed by atoms with Crippen molar-refractivity contribution in [3.63, 3.8) is 0 Å². The van der Waals surface area contributed by atoms with Crippen LogP contribution in [-0.2, 0) is 0 Å². The first-order chi connectivity index (χ1) is 6.18. The van der Waals surface area contributed by atoms with E-state index in [0.29, 0.717) is 0 Å². The molecule has 0 amide bonds. The Balaban J connectivity index is 2.57.